The number of anilines is 2. The summed E-state index contributed by atoms with van der Waals surface area (Å²) in [7, 11) is 1.75. The van der Waals surface area contributed by atoms with Crippen molar-refractivity contribution in [2.45, 2.75) is 103 Å². The van der Waals surface area contributed by atoms with Crippen molar-refractivity contribution in [2.75, 3.05) is 50.5 Å². The van der Waals surface area contributed by atoms with Crippen LogP contribution in [0.4, 0.5) is 11.4 Å². The number of benzene rings is 2. The van der Waals surface area contributed by atoms with E-state index >= 15 is 0 Å². The van der Waals surface area contributed by atoms with Crippen molar-refractivity contribution < 1.29 is 40.7 Å². The highest BCUT2D eigenvalue weighted by Crippen LogP contribution is 2.64. The van der Waals surface area contributed by atoms with Crippen molar-refractivity contribution in [3.05, 3.63) is 80.7 Å². The van der Waals surface area contributed by atoms with Crippen molar-refractivity contribution in [1.82, 2.24) is 28.9 Å². The second-order valence-corrected chi connectivity index (χ2v) is 20.3. The minimum Gasteiger partial charge on any atom is -0.481 e. The predicted molar refractivity (Wildman–Crippen MR) is 247 cm³/mol. The van der Waals surface area contributed by atoms with Crippen LogP contribution in [-0.4, -0.2) is 91.7 Å². The molecule has 3 N–H and O–H groups in total. The number of imidazole rings is 2. The van der Waals surface area contributed by atoms with E-state index in [9.17, 15) is 19.5 Å². The molecule has 4 heterocycles. The van der Waals surface area contributed by atoms with Crippen LogP contribution in [0, 0.1) is 21.7 Å². The Balaban J connectivity index is 0.910. The molecule has 2 aromatic carbocycles. The summed E-state index contributed by atoms with van der Waals surface area (Å²) >= 11 is 13.9. The molecule has 0 spiro atoms. The van der Waals surface area contributed by atoms with Gasteiger partial charge in [-0.2, -0.15) is 0 Å². The molecule has 0 radical (unpaired) electrons. The molecule has 10 rings (SSSR count). The zero-order valence-electron chi connectivity index (χ0n) is 47.9. The van der Waals surface area contributed by atoms with Gasteiger partial charge in [-0.1, -0.05) is 47.4 Å². The van der Waals surface area contributed by atoms with Crippen molar-refractivity contribution in [2.24, 2.45) is 35.6 Å². The lowest BCUT2D eigenvalue weighted by Crippen LogP contribution is -2.34. The molecule has 4 aliphatic carbocycles. The van der Waals surface area contributed by atoms with Crippen LogP contribution < -0.4 is 10.6 Å². The summed E-state index contributed by atoms with van der Waals surface area (Å²) in [5.74, 6) is -4.03. The quantitative estimate of drug-likeness (QED) is 0.113. The first kappa shape index (κ1) is 31.6. The molecular weight excluding hydrogens is 851 g/mol. The number of hydrogen-bond acceptors (Lipinski definition) is 8. The first-order valence-electron chi connectivity index (χ1n) is 28.3. The number of carboxylic acid groups (broad SMARTS) is 1. The lowest BCUT2D eigenvalue weighted by molar-refractivity contribution is -0.148. The molecule has 0 unspecified atom stereocenters. The Bertz CT molecular complexity index is 3070. The van der Waals surface area contributed by atoms with Gasteiger partial charge < -0.3 is 29.6 Å². The van der Waals surface area contributed by atoms with E-state index in [1.807, 2.05) is 0 Å². The minimum atomic E-state index is -2.90. The van der Waals surface area contributed by atoms with Crippen LogP contribution >= 0.6 is 23.2 Å². The number of hydrogen-bond donors (Lipinski definition) is 3. The van der Waals surface area contributed by atoms with Gasteiger partial charge in [0.2, 0.25) is 0 Å². The molecule has 15 heteroatoms. The van der Waals surface area contributed by atoms with E-state index in [1.165, 1.54) is 0 Å². The summed E-state index contributed by atoms with van der Waals surface area (Å²) in [6.07, 6.45) is 11.5. The maximum absolute atomic E-state index is 14.3. The van der Waals surface area contributed by atoms with Crippen molar-refractivity contribution in [3.63, 3.8) is 0 Å². The average Bonchev–Trinajstić information content (AvgIpc) is 4.26. The van der Waals surface area contributed by atoms with Crippen LogP contribution in [-0.2, 0) is 49.4 Å². The molecule has 4 fully saturated rings. The summed E-state index contributed by atoms with van der Waals surface area (Å²) in [5, 5.41) is 13.6. The molecule has 64 heavy (non-hydrogen) atoms. The zero-order chi connectivity index (χ0) is 54.8. The summed E-state index contributed by atoms with van der Waals surface area (Å²) in [6, 6.07) is -4.69. The number of halogens is 2. The van der Waals surface area contributed by atoms with Gasteiger partial charge in [0.1, 0.15) is 0 Å². The summed E-state index contributed by atoms with van der Waals surface area (Å²) < 4.78 is 111. The van der Waals surface area contributed by atoms with Gasteiger partial charge in [-0.3, -0.25) is 24.2 Å². The Hall–Kier alpha value is -4.27. The Morgan fingerprint density at radius 2 is 1.20 bits per heavy atom. The van der Waals surface area contributed by atoms with Gasteiger partial charge >= 0.3 is 5.97 Å². The molecule has 340 valence electrons. The van der Waals surface area contributed by atoms with Crippen molar-refractivity contribution in [3.8, 4) is 11.1 Å². The third-order valence-electron chi connectivity index (χ3n) is 15.9. The number of methoxy groups -OCH3 is 1. The first-order valence-corrected chi connectivity index (χ1v) is 23.0. The van der Waals surface area contributed by atoms with Gasteiger partial charge in [0, 0.05) is 90.8 Å². The van der Waals surface area contributed by atoms with Crippen LogP contribution in [0.15, 0.2) is 36.3 Å². The van der Waals surface area contributed by atoms with Crippen LogP contribution in [0.2, 0.25) is 10.0 Å². The molecule has 0 atom stereocenters. The van der Waals surface area contributed by atoms with E-state index in [2.05, 4.69) is 30.4 Å². The Morgan fingerprint density at radius 1 is 0.734 bits per heavy atom. The fraction of sp³-hybridized carbons (Fsp3) is 0.571. The summed E-state index contributed by atoms with van der Waals surface area (Å²) in [4.78, 5) is 54.0. The molecule has 6 aliphatic rings. The maximum atomic E-state index is 14.3. The number of nitrogens with zero attached hydrogens (tertiary/aromatic N) is 6. The first-order chi connectivity index (χ1) is 35.7. The van der Waals surface area contributed by atoms with E-state index in [0.29, 0.717) is 68.2 Å². The lowest BCUT2D eigenvalue weighted by Gasteiger charge is -2.32. The molecule has 2 amide bonds. The third kappa shape index (κ3) is 7.66. The third-order valence-corrected chi connectivity index (χ3v) is 16.6. The van der Waals surface area contributed by atoms with Crippen LogP contribution in [0.25, 0.3) is 11.1 Å². The van der Waals surface area contributed by atoms with Gasteiger partial charge in [-0.25, -0.2) is 9.97 Å². The van der Waals surface area contributed by atoms with Crippen LogP contribution in [0.3, 0.4) is 0 Å². The van der Waals surface area contributed by atoms with E-state index in [4.69, 9.17) is 44.4 Å². The average molecular weight is 924 g/mol. The van der Waals surface area contributed by atoms with Gasteiger partial charge in [-0.05, 0) is 118 Å². The number of amides is 2. The van der Waals surface area contributed by atoms with Crippen molar-refractivity contribution >= 4 is 52.4 Å². The molecule has 2 aliphatic heterocycles. The molecule has 4 bridgehead atoms. The Labute approximate surface area is 402 Å². The number of carbonyl (C=O) groups is 3. The van der Waals surface area contributed by atoms with Gasteiger partial charge in [-0.15, -0.1) is 0 Å². The predicted octanol–water partition coefficient (Wildman–Crippen LogP) is 8.76. The van der Waals surface area contributed by atoms with E-state index in [-0.39, 0.29) is 35.6 Å². The number of carbonyl (C=O) groups excluding carboxylic acids is 2. The highest BCUT2D eigenvalue weighted by molar-refractivity contribution is 6.40. The maximum Gasteiger partial charge on any atom is 0.309 e. The molecule has 4 saturated carbocycles. The lowest BCUT2D eigenvalue weighted by atomic mass is 9.80. The molecule has 2 aromatic heterocycles. The molecule has 13 nitrogen and oxygen atoms in total. The summed E-state index contributed by atoms with van der Waals surface area (Å²) in [6.45, 7) is -2.14. The number of carboxylic acids is 1. The van der Waals surface area contributed by atoms with E-state index < -0.39 is 118 Å². The fourth-order valence-electron chi connectivity index (χ4n) is 12.2. The molecular formula is C49H60Cl2N8O5. The number of fused-ring (bicyclic) bond motifs is 6. The largest absolute Gasteiger partial charge is 0.481 e. The van der Waals surface area contributed by atoms with Crippen LogP contribution in [0.1, 0.15) is 138 Å². The smallest absolute Gasteiger partial charge is 0.309 e. The van der Waals surface area contributed by atoms with E-state index in [1.54, 1.807) is 7.11 Å². The summed E-state index contributed by atoms with van der Waals surface area (Å²) in [5.41, 5.74) is -1.12. The minimum absolute atomic E-state index is 0.0800. The van der Waals surface area contributed by atoms with Gasteiger partial charge in [0.15, 0.2) is 11.6 Å². The highest BCUT2D eigenvalue weighted by atomic mass is 35.5. The molecule has 0 saturated heterocycles. The number of aliphatic carboxylic acids is 1. The van der Waals surface area contributed by atoms with Gasteiger partial charge in [0.25, 0.3) is 11.8 Å². The zero-order valence-corrected chi connectivity index (χ0v) is 37.4. The SMILES string of the molecule is [2H]c1c([2H])c(NC(=O)c2nc3c(n2C([2H])([2H])[2H])CCN(CCC24CCC(COC)(CC2)C4)C3)c(Cl)c(-c2c([2H])c([2H])c([2H])c(NC(=O)c3nc4c(n3C([2H])([2H])[2H])CCN(CCC35CCC(C(=O)O)(CC3)C5)C4)c2Cl)c1[2H]. The number of aromatic nitrogens is 4. The van der Waals surface area contributed by atoms with Crippen molar-refractivity contribution in [1.29, 1.82) is 0 Å². The molecule has 4 aromatic rings. The van der Waals surface area contributed by atoms with Crippen LogP contribution in [0.5, 0.6) is 0 Å². The number of rotatable bonds is 14. The Kier molecular flexibility index (Phi) is 8.18. The number of ether oxygens (including phenoxy) is 1. The monoisotopic (exact) mass is 922 g/mol. The second kappa shape index (κ2) is 16.6. The fourth-order valence-corrected chi connectivity index (χ4v) is 12.7. The Morgan fingerprint density at radius 3 is 1.66 bits per heavy atom. The second-order valence-electron chi connectivity index (χ2n) is 19.5. The van der Waals surface area contributed by atoms with Gasteiger partial charge in [0.05, 0.1) is 53.1 Å². The number of nitrogens with one attached hydrogen (secondary N) is 2. The highest BCUT2D eigenvalue weighted by Gasteiger charge is 2.58. The standard InChI is InChI=1S/C49H60Cl2N8O5/c1-56-37-10-22-58(24-20-46-12-14-48(28-46,15-13-46)30-64-3)26-35(37)52-41(56)43(60)54-33-8-4-6-31(39(33)50)32-7-5-9-34(40(32)51)55-44(61)42-53-36-27-59(23-11-38(36)57(42)2)25-21-47-16-18-49(29-47,19-17-47)45(62)63/h4-9H,10-30H2,1-3H3,(H,54,60)(H,55,61)(H,62,63)/i1D3,2D3,4D,5D,6D,7D,8D,9D. The van der Waals surface area contributed by atoms with E-state index in [0.717, 1.165) is 80.1 Å². The topological polar surface area (TPSA) is 147 Å². The normalized spacial score (nSPS) is 30.3.